The fourth-order valence-corrected chi connectivity index (χ4v) is 3.48. The van der Waals surface area contributed by atoms with Gasteiger partial charge in [0.1, 0.15) is 11.2 Å². The van der Waals surface area contributed by atoms with Crippen LogP contribution in [0.25, 0.3) is 0 Å². The first-order valence-corrected chi connectivity index (χ1v) is 14.0. The van der Waals surface area contributed by atoms with E-state index >= 15 is 0 Å². The molecule has 248 valence electrons. The van der Waals surface area contributed by atoms with Gasteiger partial charge in [-0.1, -0.05) is 0 Å². The summed E-state index contributed by atoms with van der Waals surface area (Å²) in [5, 5.41) is 35.1. The molecule has 0 radical (unpaired) electrons. The van der Waals surface area contributed by atoms with Crippen molar-refractivity contribution in [2.75, 3.05) is 46.5 Å². The maximum atomic E-state index is 12.0. The van der Waals surface area contributed by atoms with E-state index in [1.54, 1.807) is 60.9 Å². The smallest absolute Gasteiger partial charge is 0.410 e. The molecule has 44 heavy (non-hydrogen) atoms. The van der Waals surface area contributed by atoms with E-state index in [9.17, 15) is 19.2 Å². The van der Waals surface area contributed by atoms with E-state index in [1.807, 2.05) is 0 Å². The van der Waals surface area contributed by atoms with Crippen LogP contribution in [-0.4, -0.2) is 127 Å². The van der Waals surface area contributed by atoms with Crippen molar-refractivity contribution in [3.63, 3.8) is 0 Å². The maximum absolute atomic E-state index is 12.0. The number of nitrogens with zero attached hydrogens (tertiary/aromatic N) is 6. The van der Waals surface area contributed by atoms with E-state index in [2.05, 4.69) is 14.9 Å². The van der Waals surface area contributed by atoms with Crippen molar-refractivity contribution in [1.82, 2.24) is 29.4 Å². The number of esters is 1. The molecule has 16 nitrogen and oxygen atoms in total. The summed E-state index contributed by atoms with van der Waals surface area (Å²) in [5.41, 5.74) is -0.476. The number of aliphatic hydroxyl groups excluding tert-OH is 2. The van der Waals surface area contributed by atoms with Crippen molar-refractivity contribution in [2.45, 2.75) is 72.8 Å². The van der Waals surface area contributed by atoms with Crippen LogP contribution in [-0.2, 0) is 27.3 Å². The summed E-state index contributed by atoms with van der Waals surface area (Å²) < 4.78 is 18.1. The lowest BCUT2D eigenvalue weighted by atomic mass is 10.2. The number of carbonyl (C=O) groups excluding carboxylic acids is 3. The molecule has 0 atom stereocenters. The van der Waals surface area contributed by atoms with Crippen LogP contribution < -0.4 is 0 Å². The number of carbonyl (C=O) groups is 4. The molecule has 2 aromatic rings. The summed E-state index contributed by atoms with van der Waals surface area (Å²) in [6.45, 7) is 13.5. The molecule has 2 heterocycles. The van der Waals surface area contributed by atoms with E-state index in [0.29, 0.717) is 25.2 Å². The Balaban J connectivity index is 0.000000440. The lowest BCUT2D eigenvalue weighted by Crippen LogP contribution is -2.40. The average molecular weight is 627 g/mol. The lowest BCUT2D eigenvalue weighted by molar-refractivity contribution is 0.0202. The van der Waals surface area contributed by atoms with Crippen LogP contribution in [0.4, 0.5) is 9.59 Å². The Morgan fingerprint density at radius 1 is 0.818 bits per heavy atom. The lowest BCUT2D eigenvalue weighted by Gasteiger charge is -2.26. The van der Waals surface area contributed by atoms with Gasteiger partial charge in [-0.15, -0.1) is 0 Å². The summed E-state index contributed by atoms with van der Waals surface area (Å²) in [6.07, 6.45) is 2.21. The van der Waals surface area contributed by atoms with Crippen LogP contribution in [0.15, 0.2) is 18.5 Å². The summed E-state index contributed by atoms with van der Waals surface area (Å²) in [6, 6.07) is 1.54. The Labute approximate surface area is 257 Å². The molecule has 2 aromatic heterocycles. The summed E-state index contributed by atoms with van der Waals surface area (Å²) in [4.78, 5) is 49.1. The van der Waals surface area contributed by atoms with Gasteiger partial charge < -0.3 is 39.3 Å². The molecule has 3 N–H and O–H groups in total. The minimum atomic E-state index is -1.09. The fraction of sp³-hybridized carbons (Fsp3) is 0.643. The molecular formula is C28H46N6O10. The number of methoxy groups -OCH3 is 1. The molecule has 0 spiro atoms. The molecule has 0 aliphatic carbocycles. The number of carboxylic acid groups (broad SMARTS) is 1. The van der Waals surface area contributed by atoms with Gasteiger partial charge in [0.2, 0.25) is 0 Å². The van der Waals surface area contributed by atoms with E-state index in [0.717, 1.165) is 0 Å². The number of hydrogen-bond acceptors (Lipinski definition) is 11. The van der Waals surface area contributed by atoms with Gasteiger partial charge in [-0.05, 0) is 54.5 Å². The minimum Gasteiger partial charge on any atom is -0.476 e. The van der Waals surface area contributed by atoms with Crippen LogP contribution in [0.2, 0.25) is 0 Å². The van der Waals surface area contributed by atoms with E-state index < -0.39 is 35.3 Å². The fourth-order valence-electron chi connectivity index (χ4n) is 3.48. The number of aryl methyl sites for hydroxylation is 1. The zero-order valence-corrected chi connectivity index (χ0v) is 26.8. The highest BCUT2D eigenvalue weighted by molar-refractivity contribution is 5.87. The van der Waals surface area contributed by atoms with E-state index in [-0.39, 0.29) is 44.2 Å². The van der Waals surface area contributed by atoms with Crippen molar-refractivity contribution in [3.05, 3.63) is 35.4 Å². The molecule has 0 bridgehead atoms. The molecule has 16 heteroatoms. The highest BCUT2D eigenvalue weighted by atomic mass is 16.6. The first-order chi connectivity index (χ1) is 20.4. The Bertz CT molecular complexity index is 1230. The van der Waals surface area contributed by atoms with Crippen molar-refractivity contribution in [1.29, 1.82) is 0 Å². The second-order valence-electron chi connectivity index (χ2n) is 11.6. The number of hydrogen-bond donors (Lipinski definition) is 3. The molecule has 0 saturated heterocycles. The van der Waals surface area contributed by atoms with Crippen molar-refractivity contribution in [2.24, 2.45) is 0 Å². The van der Waals surface area contributed by atoms with Crippen molar-refractivity contribution < 1.29 is 48.7 Å². The van der Waals surface area contributed by atoms with Crippen molar-refractivity contribution >= 4 is 24.1 Å². The highest BCUT2D eigenvalue weighted by Gasteiger charge is 2.23. The Morgan fingerprint density at radius 2 is 1.30 bits per heavy atom. The average Bonchev–Trinajstić information content (AvgIpc) is 3.53. The third-order valence-corrected chi connectivity index (χ3v) is 5.42. The monoisotopic (exact) mass is 626 g/mol. The summed E-state index contributed by atoms with van der Waals surface area (Å²) >= 11 is 0. The molecule has 0 aliphatic heterocycles. The van der Waals surface area contributed by atoms with Gasteiger partial charge in [-0.2, -0.15) is 10.2 Å². The Morgan fingerprint density at radius 3 is 1.68 bits per heavy atom. The van der Waals surface area contributed by atoms with Gasteiger partial charge in [0.25, 0.3) is 0 Å². The number of rotatable bonds is 12. The van der Waals surface area contributed by atoms with Gasteiger partial charge >= 0.3 is 24.1 Å². The number of aromatic carboxylic acids is 1. The molecule has 0 aliphatic rings. The van der Waals surface area contributed by atoms with Gasteiger partial charge in [0.15, 0.2) is 11.4 Å². The first-order valence-electron chi connectivity index (χ1n) is 14.0. The second kappa shape index (κ2) is 17.2. The Kier molecular flexibility index (Phi) is 14.8. The predicted octanol–water partition coefficient (Wildman–Crippen LogP) is 2.02. The molecule has 0 aromatic carbocycles. The normalized spacial score (nSPS) is 11.2. The van der Waals surface area contributed by atoms with E-state index in [4.69, 9.17) is 24.8 Å². The summed E-state index contributed by atoms with van der Waals surface area (Å²) in [7, 11) is 1.28. The van der Waals surface area contributed by atoms with Gasteiger partial charge in [-0.25, -0.2) is 19.2 Å². The number of ether oxygens (including phenoxy) is 3. The van der Waals surface area contributed by atoms with Gasteiger partial charge in [0, 0.05) is 44.1 Å². The summed E-state index contributed by atoms with van der Waals surface area (Å²) in [5.74, 6) is -1.60. The predicted molar refractivity (Wildman–Crippen MR) is 157 cm³/mol. The largest absolute Gasteiger partial charge is 0.476 e. The zero-order chi connectivity index (χ0) is 33.7. The van der Waals surface area contributed by atoms with Crippen LogP contribution in [0.3, 0.4) is 0 Å². The standard InChI is InChI=1S/2C14H23N3O5/c1-14(2,3)22-13(20)16(9-10-18)7-8-17-6-5-11(15-17)12(19)21-4;1-10-9-17(15-11(10)12(19)20)6-5-16(7-8-18)13(21)22-14(2,3)4/h5-6,18H,7-10H2,1-4H3;9,18H,5-8H2,1-4H3,(H,19,20). The first kappa shape index (κ1) is 37.8. The molecule has 0 fully saturated rings. The molecule has 0 unspecified atom stereocenters. The molecule has 0 saturated carbocycles. The topological polar surface area (TPSA) is 199 Å². The van der Waals surface area contributed by atoms with Gasteiger partial charge in [-0.3, -0.25) is 9.36 Å². The van der Waals surface area contributed by atoms with Crippen molar-refractivity contribution in [3.8, 4) is 0 Å². The third-order valence-electron chi connectivity index (χ3n) is 5.42. The van der Waals surface area contributed by atoms with Gasteiger partial charge in [0.05, 0.1) is 33.4 Å². The SMILES string of the molecule is COC(=O)c1ccn(CCN(CCO)C(=O)OC(C)(C)C)n1.Cc1cn(CCN(CCO)C(=O)OC(C)(C)C)nc1C(=O)O. The zero-order valence-electron chi connectivity index (χ0n) is 26.8. The van der Waals surface area contributed by atoms with Crippen LogP contribution in [0, 0.1) is 6.92 Å². The quantitative estimate of drug-likeness (QED) is 0.229. The second-order valence-corrected chi connectivity index (χ2v) is 11.6. The number of amides is 2. The van der Waals surface area contributed by atoms with Crippen LogP contribution >= 0.6 is 0 Å². The van der Waals surface area contributed by atoms with Crippen LogP contribution in [0.5, 0.6) is 0 Å². The maximum Gasteiger partial charge on any atom is 0.410 e. The minimum absolute atomic E-state index is 0.00836. The number of aliphatic hydroxyl groups is 2. The highest BCUT2D eigenvalue weighted by Crippen LogP contribution is 2.12. The number of carboxylic acids is 1. The molecule has 2 amide bonds. The third kappa shape index (κ3) is 13.9. The van der Waals surface area contributed by atoms with E-state index in [1.165, 1.54) is 32.3 Å². The Hall–Kier alpha value is -4.18. The molecular weight excluding hydrogens is 580 g/mol. The number of aromatic nitrogens is 4. The molecule has 2 rings (SSSR count). The van der Waals surface area contributed by atoms with Crippen LogP contribution in [0.1, 0.15) is 68.1 Å².